The van der Waals surface area contributed by atoms with Crippen molar-refractivity contribution < 1.29 is 0 Å². The van der Waals surface area contributed by atoms with Crippen LogP contribution in [0.15, 0.2) is 17.8 Å². The molecule has 0 fully saturated rings. The first-order valence-electron chi connectivity index (χ1n) is 5.46. The van der Waals surface area contributed by atoms with Crippen LogP contribution in [0.1, 0.15) is 24.5 Å². The van der Waals surface area contributed by atoms with E-state index in [2.05, 4.69) is 14.9 Å². The molecular formula is C11H17N5S. The van der Waals surface area contributed by atoms with Crippen LogP contribution < -0.4 is 10.6 Å². The highest BCUT2D eigenvalue weighted by molar-refractivity contribution is 7.13. The Morgan fingerprint density at radius 3 is 2.88 bits per heavy atom. The lowest BCUT2D eigenvalue weighted by atomic mass is 10.3. The summed E-state index contributed by atoms with van der Waals surface area (Å²) in [6, 6.07) is -0.0124. The minimum Gasteiger partial charge on any atom is -0.344 e. The predicted octanol–water partition coefficient (Wildman–Crippen LogP) is 1.53. The maximum absolute atomic E-state index is 5.80. The van der Waals surface area contributed by atoms with Crippen molar-refractivity contribution in [2.45, 2.75) is 19.5 Å². The molecule has 1 unspecified atom stereocenters. The van der Waals surface area contributed by atoms with Crippen molar-refractivity contribution in [3.63, 3.8) is 0 Å². The molecule has 2 heterocycles. The van der Waals surface area contributed by atoms with Crippen LogP contribution in [0.5, 0.6) is 0 Å². The van der Waals surface area contributed by atoms with Gasteiger partial charge in [-0.1, -0.05) is 0 Å². The maximum Gasteiger partial charge on any atom is 0.185 e. The van der Waals surface area contributed by atoms with Crippen LogP contribution in [0, 0.1) is 0 Å². The lowest BCUT2D eigenvalue weighted by molar-refractivity contribution is 0.750. The highest BCUT2D eigenvalue weighted by atomic mass is 32.1. The summed E-state index contributed by atoms with van der Waals surface area (Å²) in [6.07, 6.45) is 3.75. The van der Waals surface area contributed by atoms with E-state index in [1.165, 1.54) is 0 Å². The first-order chi connectivity index (χ1) is 8.08. The van der Waals surface area contributed by atoms with Gasteiger partial charge in [-0.25, -0.2) is 9.97 Å². The molecule has 0 saturated heterocycles. The lowest BCUT2D eigenvalue weighted by Crippen LogP contribution is -2.19. The summed E-state index contributed by atoms with van der Waals surface area (Å²) in [4.78, 5) is 10.9. The van der Waals surface area contributed by atoms with Gasteiger partial charge in [0.15, 0.2) is 5.13 Å². The zero-order chi connectivity index (χ0) is 12.4. The molecule has 2 rings (SSSR count). The summed E-state index contributed by atoms with van der Waals surface area (Å²) in [5.74, 6) is 1.02. The normalized spacial score (nSPS) is 12.7. The van der Waals surface area contributed by atoms with Crippen LogP contribution in [0.25, 0.3) is 0 Å². The van der Waals surface area contributed by atoms with Gasteiger partial charge in [0.25, 0.3) is 0 Å². The molecule has 2 aromatic rings. The molecule has 0 aliphatic carbocycles. The van der Waals surface area contributed by atoms with E-state index in [-0.39, 0.29) is 6.04 Å². The quantitative estimate of drug-likeness (QED) is 0.895. The molecule has 0 bridgehead atoms. The standard InChI is InChI=1S/C11H17N5S/c1-8(12)9-7-17-11(14-9)16(3)6-10-13-4-5-15(10)2/h4-5,7-8H,6,12H2,1-3H3. The van der Waals surface area contributed by atoms with E-state index < -0.39 is 0 Å². The second-order valence-corrected chi connectivity index (χ2v) is 4.99. The molecule has 0 aliphatic rings. The number of nitrogens with zero attached hydrogens (tertiary/aromatic N) is 4. The number of aryl methyl sites for hydroxylation is 1. The zero-order valence-corrected chi connectivity index (χ0v) is 11.1. The Morgan fingerprint density at radius 2 is 2.35 bits per heavy atom. The first-order valence-corrected chi connectivity index (χ1v) is 6.34. The van der Waals surface area contributed by atoms with Gasteiger partial charge in [0.1, 0.15) is 5.82 Å². The molecule has 17 heavy (non-hydrogen) atoms. The Hall–Kier alpha value is -1.40. The third-order valence-electron chi connectivity index (χ3n) is 2.60. The SMILES string of the molecule is CC(N)c1csc(N(C)Cc2nccn2C)n1. The van der Waals surface area contributed by atoms with Crippen molar-refractivity contribution in [3.8, 4) is 0 Å². The van der Waals surface area contributed by atoms with Crippen LogP contribution in [-0.2, 0) is 13.6 Å². The molecule has 0 amide bonds. The highest BCUT2D eigenvalue weighted by Crippen LogP contribution is 2.23. The van der Waals surface area contributed by atoms with Crippen LogP contribution in [-0.4, -0.2) is 21.6 Å². The number of rotatable bonds is 4. The van der Waals surface area contributed by atoms with Gasteiger partial charge in [-0.15, -0.1) is 11.3 Å². The van der Waals surface area contributed by atoms with E-state index in [0.717, 1.165) is 23.2 Å². The van der Waals surface area contributed by atoms with E-state index >= 15 is 0 Å². The topological polar surface area (TPSA) is 60.0 Å². The minimum atomic E-state index is -0.0124. The molecule has 0 saturated carbocycles. The zero-order valence-electron chi connectivity index (χ0n) is 10.3. The number of anilines is 1. The van der Waals surface area contributed by atoms with Crippen LogP contribution in [0.3, 0.4) is 0 Å². The number of aromatic nitrogens is 3. The molecule has 0 aromatic carbocycles. The third-order valence-corrected chi connectivity index (χ3v) is 3.58. The van der Waals surface area contributed by atoms with Crippen molar-refractivity contribution >= 4 is 16.5 Å². The molecular weight excluding hydrogens is 234 g/mol. The molecule has 0 radical (unpaired) electrons. The summed E-state index contributed by atoms with van der Waals surface area (Å²) in [5, 5.41) is 2.98. The van der Waals surface area contributed by atoms with E-state index in [0.29, 0.717) is 0 Å². The Bertz CT molecular complexity index is 488. The monoisotopic (exact) mass is 251 g/mol. The van der Waals surface area contributed by atoms with Crippen LogP contribution in [0.2, 0.25) is 0 Å². The van der Waals surface area contributed by atoms with Crippen molar-refractivity contribution in [2.24, 2.45) is 12.8 Å². The summed E-state index contributed by atoms with van der Waals surface area (Å²) < 4.78 is 2.01. The predicted molar refractivity (Wildman–Crippen MR) is 70.0 cm³/mol. The fraction of sp³-hybridized carbons (Fsp3) is 0.455. The molecule has 0 aliphatic heterocycles. The molecule has 6 heteroatoms. The van der Waals surface area contributed by atoms with Gasteiger partial charge >= 0.3 is 0 Å². The van der Waals surface area contributed by atoms with E-state index in [4.69, 9.17) is 5.73 Å². The number of hydrogen-bond acceptors (Lipinski definition) is 5. The van der Waals surface area contributed by atoms with Crippen molar-refractivity contribution in [1.82, 2.24) is 14.5 Å². The highest BCUT2D eigenvalue weighted by Gasteiger charge is 2.11. The summed E-state index contributed by atoms with van der Waals surface area (Å²) in [6.45, 7) is 2.69. The molecule has 5 nitrogen and oxygen atoms in total. The van der Waals surface area contributed by atoms with E-state index in [9.17, 15) is 0 Å². The summed E-state index contributed by atoms with van der Waals surface area (Å²) in [7, 11) is 4.00. The summed E-state index contributed by atoms with van der Waals surface area (Å²) in [5.41, 5.74) is 6.74. The number of imidazole rings is 1. The van der Waals surface area contributed by atoms with Crippen LogP contribution >= 0.6 is 11.3 Å². The molecule has 2 N–H and O–H groups in total. The molecule has 1 atom stereocenters. The third kappa shape index (κ3) is 2.65. The number of thiazole rings is 1. The average molecular weight is 251 g/mol. The average Bonchev–Trinajstić information content (AvgIpc) is 2.88. The minimum absolute atomic E-state index is 0.0124. The van der Waals surface area contributed by atoms with Gasteiger partial charge < -0.3 is 15.2 Å². The Balaban J connectivity index is 2.09. The van der Waals surface area contributed by atoms with Crippen LogP contribution in [0.4, 0.5) is 5.13 Å². The van der Waals surface area contributed by atoms with E-state index in [1.54, 1.807) is 17.5 Å². The van der Waals surface area contributed by atoms with Crippen molar-refractivity contribution in [3.05, 3.63) is 29.3 Å². The van der Waals surface area contributed by atoms with Gasteiger partial charge in [0, 0.05) is 37.9 Å². The van der Waals surface area contributed by atoms with Gasteiger partial charge in [-0.05, 0) is 6.92 Å². The second-order valence-electron chi connectivity index (χ2n) is 4.15. The fourth-order valence-corrected chi connectivity index (χ4v) is 2.39. The van der Waals surface area contributed by atoms with E-state index in [1.807, 2.05) is 37.2 Å². The Labute approximate surface area is 105 Å². The molecule has 92 valence electrons. The van der Waals surface area contributed by atoms with Crippen molar-refractivity contribution in [2.75, 3.05) is 11.9 Å². The fourth-order valence-electron chi connectivity index (χ4n) is 1.49. The number of hydrogen-bond donors (Lipinski definition) is 1. The van der Waals surface area contributed by atoms with Crippen molar-refractivity contribution in [1.29, 1.82) is 0 Å². The smallest absolute Gasteiger partial charge is 0.185 e. The largest absolute Gasteiger partial charge is 0.344 e. The summed E-state index contributed by atoms with van der Waals surface area (Å²) >= 11 is 1.61. The van der Waals surface area contributed by atoms with Gasteiger partial charge in [-0.2, -0.15) is 0 Å². The van der Waals surface area contributed by atoms with Gasteiger partial charge in [0.2, 0.25) is 0 Å². The lowest BCUT2D eigenvalue weighted by Gasteiger charge is -2.15. The second kappa shape index (κ2) is 4.85. The maximum atomic E-state index is 5.80. The van der Waals surface area contributed by atoms with Gasteiger partial charge in [0.05, 0.1) is 12.2 Å². The van der Waals surface area contributed by atoms with Gasteiger partial charge in [-0.3, -0.25) is 0 Å². The molecule has 2 aromatic heterocycles. The first kappa shape index (κ1) is 12.1. The Morgan fingerprint density at radius 1 is 1.59 bits per heavy atom. The molecule has 0 spiro atoms. The number of nitrogens with two attached hydrogens (primary N) is 1. The Kier molecular flexibility index (Phi) is 3.44.